The van der Waals surface area contributed by atoms with Crippen LogP contribution in [-0.4, -0.2) is 34.5 Å². The van der Waals surface area contributed by atoms with E-state index in [0.29, 0.717) is 0 Å². The minimum absolute atomic E-state index is 0.753. The van der Waals surface area contributed by atoms with E-state index >= 15 is 0 Å². The summed E-state index contributed by atoms with van der Waals surface area (Å²) in [5.74, 6) is 1.81. The highest BCUT2D eigenvalue weighted by molar-refractivity contribution is 4.81. The summed E-state index contributed by atoms with van der Waals surface area (Å²) in [6, 6.07) is 0. The number of ether oxygens (including phenoxy) is 1. The third kappa shape index (κ3) is 3.60. The lowest BCUT2D eigenvalue weighted by atomic mass is 10.5. The van der Waals surface area contributed by atoms with Crippen molar-refractivity contribution in [3.63, 3.8) is 0 Å². The van der Waals surface area contributed by atoms with E-state index in [2.05, 4.69) is 15.4 Å². The number of aromatic nitrogens is 3. The van der Waals surface area contributed by atoms with E-state index in [-0.39, 0.29) is 0 Å². The molecule has 0 spiro atoms. The summed E-state index contributed by atoms with van der Waals surface area (Å²) in [4.78, 5) is 4.12. The molecule has 1 aliphatic carbocycles. The van der Waals surface area contributed by atoms with Gasteiger partial charge in [0.15, 0.2) is 0 Å². The van der Waals surface area contributed by atoms with E-state index in [9.17, 15) is 0 Å². The first kappa shape index (κ1) is 10.6. The maximum atomic E-state index is 5.50. The predicted octanol–water partition coefficient (Wildman–Crippen LogP) is 0.331. The van der Waals surface area contributed by atoms with Gasteiger partial charge in [0.2, 0.25) is 0 Å². The molecule has 0 bridgehead atoms. The summed E-state index contributed by atoms with van der Waals surface area (Å²) in [5, 5.41) is 7.27. The van der Waals surface area contributed by atoms with Crippen molar-refractivity contribution in [3.05, 3.63) is 12.2 Å². The van der Waals surface area contributed by atoms with Crippen molar-refractivity contribution in [2.24, 2.45) is 13.0 Å². The molecule has 0 amide bonds. The average molecular weight is 210 g/mol. The van der Waals surface area contributed by atoms with E-state index in [1.807, 2.05) is 7.05 Å². The number of rotatable bonds is 7. The molecule has 1 aliphatic rings. The van der Waals surface area contributed by atoms with Gasteiger partial charge < -0.3 is 10.1 Å². The molecule has 1 aromatic rings. The molecule has 0 aliphatic heterocycles. The molecule has 15 heavy (non-hydrogen) atoms. The van der Waals surface area contributed by atoms with Gasteiger partial charge in [-0.25, -0.2) is 4.98 Å². The second kappa shape index (κ2) is 5.23. The normalized spacial score (nSPS) is 15.8. The molecule has 5 nitrogen and oxygen atoms in total. The minimum atomic E-state index is 0.753. The van der Waals surface area contributed by atoms with E-state index in [1.165, 1.54) is 12.8 Å². The van der Waals surface area contributed by atoms with Gasteiger partial charge >= 0.3 is 0 Å². The number of hydrogen-bond donors (Lipinski definition) is 1. The maximum absolute atomic E-state index is 5.50. The molecule has 1 aromatic heterocycles. The summed E-state index contributed by atoms with van der Waals surface area (Å²) in [6.45, 7) is 3.35. The monoisotopic (exact) mass is 210 g/mol. The Morgan fingerprint density at radius 1 is 1.60 bits per heavy atom. The smallest absolute Gasteiger partial charge is 0.140 e. The minimum Gasteiger partial charge on any atom is -0.380 e. The van der Waals surface area contributed by atoms with Crippen molar-refractivity contribution in [1.29, 1.82) is 0 Å². The SMILES string of the molecule is Cn1ncnc1CNCCOCC1CC1. The fraction of sp³-hybridized carbons (Fsp3) is 0.800. The van der Waals surface area contributed by atoms with Gasteiger partial charge in [0.1, 0.15) is 12.2 Å². The lowest BCUT2D eigenvalue weighted by Crippen LogP contribution is -2.21. The highest BCUT2D eigenvalue weighted by atomic mass is 16.5. The zero-order valence-electron chi connectivity index (χ0n) is 9.15. The molecule has 1 heterocycles. The average Bonchev–Trinajstić information content (AvgIpc) is 2.96. The highest BCUT2D eigenvalue weighted by Crippen LogP contribution is 2.28. The first-order chi connectivity index (χ1) is 7.36. The Morgan fingerprint density at radius 3 is 3.13 bits per heavy atom. The molecular formula is C10H18N4O. The fourth-order valence-electron chi connectivity index (χ4n) is 1.36. The van der Waals surface area contributed by atoms with Gasteiger partial charge in [-0.3, -0.25) is 4.68 Å². The topological polar surface area (TPSA) is 52.0 Å². The van der Waals surface area contributed by atoms with Crippen molar-refractivity contribution in [2.45, 2.75) is 19.4 Å². The van der Waals surface area contributed by atoms with Crippen LogP contribution in [0.1, 0.15) is 18.7 Å². The molecule has 0 aromatic carbocycles. The van der Waals surface area contributed by atoms with Gasteiger partial charge in [-0.1, -0.05) is 0 Å². The quantitative estimate of drug-likeness (QED) is 0.659. The van der Waals surface area contributed by atoms with Crippen LogP contribution in [0.15, 0.2) is 6.33 Å². The van der Waals surface area contributed by atoms with Crippen molar-refractivity contribution < 1.29 is 4.74 Å². The van der Waals surface area contributed by atoms with Crippen molar-refractivity contribution in [3.8, 4) is 0 Å². The largest absolute Gasteiger partial charge is 0.380 e. The van der Waals surface area contributed by atoms with Crippen LogP contribution in [0.4, 0.5) is 0 Å². The summed E-state index contributed by atoms with van der Waals surface area (Å²) >= 11 is 0. The van der Waals surface area contributed by atoms with Crippen LogP contribution in [0, 0.1) is 5.92 Å². The molecule has 2 rings (SSSR count). The molecule has 0 unspecified atom stereocenters. The van der Waals surface area contributed by atoms with Crippen molar-refractivity contribution in [2.75, 3.05) is 19.8 Å². The summed E-state index contributed by atoms with van der Waals surface area (Å²) in [6.07, 6.45) is 4.28. The first-order valence-electron chi connectivity index (χ1n) is 5.47. The van der Waals surface area contributed by atoms with Crippen LogP contribution in [0.2, 0.25) is 0 Å². The molecule has 5 heteroatoms. The van der Waals surface area contributed by atoms with Crippen molar-refractivity contribution in [1.82, 2.24) is 20.1 Å². The second-order valence-electron chi connectivity index (χ2n) is 3.99. The van der Waals surface area contributed by atoms with Gasteiger partial charge in [0.25, 0.3) is 0 Å². The zero-order valence-corrected chi connectivity index (χ0v) is 9.15. The van der Waals surface area contributed by atoms with Crippen LogP contribution in [0.25, 0.3) is 0 Å². The molecule has 1 N–H and O–H groups in total. The number of aryl methyl sites for hydroxylation is 1. The lowest BCUT2D eigenvalue weighted by Gasteiger charge is -2.04. The van der Waals surface area contributed by atoms with Crippen LogP contribution >= 0.6 is 0 Å². The van der Waals surface area contributed by atoms with Crippen LogP contribution in [0.3, 0.4) is 0 Å². The van der Waals surface area contributed by atoms with E-state index in [1.54, 1.807) is 11.0 Å². The van der Waals surface area contributed by atoms with Gasteiger partial charge in [-0.2, -0.15) is 5.10 Å². The first-order valence-corrected chi connectivity index (χ1v) is 5.47. The Balaban J connectivity index is 1.49. The Hall–Kier alpha value is -0.940. The second-order valence-corrected chi connectivity index (χ2v) is 3.99. The van der Waals surface area contributed by atoms with E-state index in [0.717, 1.165) is 38.0 Å². The zero-order chi connectivity index (χ0) is 10.5. The van der Waals surface area contributed by atoms with Crippen LogP contribution < -0.4 is 5.32 Å². The van der Waals surface area contributed by atoms with E-state index in [4.69, 9.17) is 4.74 Å². The molecule has 0 radical (unpaired) electrons. The predicted molar refractivity (Wildman–Crippen MR) is 56.3 cm³/mol. The molecular weight excluding hydrogens is 192 g/mol. The fourth-order valence-corrected chi connectivity index (χ4v) is 1.36. The summed E-state index contributed by atoms with van der Waals surface area (Å²) < 4.78 is 7.28. The number of hydrogen-bond acceptors (Lipinski definition) is 4. The van der Waals surface area contributed by atoms with Gasteiger partial charge in [0.05, 0.1) is 13.2 Å². The van der Waals surface area contributed by atoms with Crippen molar-refractivity contribution >= 4 is 0 Å². The highest BCUT2D eigenvalue weighted by Gasteiger charge is 2.20. The van der Waals surface area contributed by atoms with Gasteiger partial charge in [-0.15, -0.1) is 0 Å². The van der Waals surface area contributed by atoms with Crippen LogP contribution in [-0.2, 0) is 18.3 Å². The Morgan fingerprint density at radius 2 is 2.47 bits per heavy atom. The lowest BCUT2D eigenvalue weighted by molar-refractivity contribution is 0.126. The van der Waals surface area contributed by atoms with Crippen LogP contribution in [0.5, 0.6) is 0 Å². The third-order valence-corrected chi connectivity index (χ3v) is 2.56. The summed E-state index contributed by atoms with van der Waals surface area (Å²) in [7, 11) is 1.90. The Labute approximate surface area is 89.8 Å². The molecule has 84 valence electrons. The number of nitrogens with one attached hydrogen (secondary N) is 1. The van der Waals surface area contributed by atoms with Gasteiger partial charge in [0, 0.05) is 20.2 Å². The third-order valence-electron chi connectivity index (χ3n) is 2.56. The molecule has 0 atom stereocenters. The van der Waals surface area contributed by atoms with E-state index < -0.39 is 0 Å². The number of nitrogens with zero attached hydrogens (tertiary/aromatic N) is 3. The Kier molecular flexibility index (Phi) is 3.69. The summed E-state index contributed by atoms with van der Waals surface area (Å²) in [5.41, 5.74) is 0. The standard InChI is InChI=1S/C10H18N4O/c1-14-10(12-8-13-14)6-11-4-5-15-7-9-2-3-9/h8-9,11H,2-7H2,1H3. The molecule has 1 saturated carbocycles. The van der Waals surface area contributed by atoms with Gasteiger partial charge in [-0.05, 0) is 18.8 Å². The Bertz CT molecular complexity index is 295. The maximum Gasteiger partial charge on any atom is 0.140 e. The molecule has 0 saturated heterocycles. The molecule has 1 fully saturated rings.